The van der Waals surface area contributed by atoms with E-state index < -0.39 is 5.91 Å². The molecule has 1 aromatic heterocycles. The lowest BCUT2D eigenvalue weighted by Crippen LogP contribution is -2.43. The Bertz CT molecular complexity index is 1100. The maximum Gasteiger partial charge on any atom is 0.276 e. The third-order valence-electron chi connectivity index (χ3n) is 4.36. The number of carbonyl (C=O) groups is 2. The minimum atomic E-state index is -0.468. The Morgan fingerprint density at radius 2 is 1.84 bits per heavy atom. The number of aryl methyl sites for hydroxylation is 3. The van der Waals surface area contributed by atoms with Crippen molar-refractivity contribution in [2.75, 3.05) is 6.61 Å². The molecule has 0 saturated carbocycles. The molecule has 0 unspecified atom stereocenters. The number of oxazole rings is 1. The minimum Gasteiger partial charge on any atom is -0.483 e. The van der Waals surface area contributed by atoms with Crippen LogP contribution in [0.25, 0.3) is 11.3 Å². The molecule has 9 heteroatoms. The molecule has 3 rings (SSSR count). The lowest BCUT2D eigenvalue weighted by Gasteiger charge is -2.10. The lowest BCUT2D eigenvalue weighted by molar-refractivity contribution is -0.130. The van der Waals surface area contributed by atoms with Gasteiger partial charge in [-0.05, 0) is 49.2 Å². The largest absolute Gasteiger partial charge is 0.483 e. The van der Waals surface area contributed by atoms with Crippen molar-refractivity contribution in [1.82, 2.24) is 15.8 Å². The van der Waals surface area contributed by atoms with Gasteiger partial charge in [-0.2, -0.15) is 0 Å². The molecule has 0 bridgehead atoms. The van der Waals surface area contributed by atoms with Crippen LogP contribution in [0.4, 0.5) is 0 Å². The van der Waals surface area contributed by atoms with E-state index in [4.69, 9.17) is 32.4 Å². The molecule has 162 valence electrons. The number of halogens is 2. The summed E-state index contributed by atoms with van der Waals surface area (Å²) in [6.07, 6.45) is 1.87. The van der Waals surface area contributed by atoms with Gasteiger partial charge in [0, 0.05) is 23.4 Å². The van der Waals surface area contributed by atoms with E-state index in [-0.39, 0.29) is 25.4 Å². The van der Waals surface area contributed by atoms with E-state index in [9.17, 15) is 9.59 Å². The number of aromatic nitrogens is 1. The topological polar surface area (TPSA) is 93.5 Å². The Labute approximate surface area is 189 Å². The van der Waals surface area contributed by atoms with Crippen LogP contribution in [0.1, 0.15) is 23.4 Å². The first-order chi connectivity index (χ1) is 14.8. The first-order valence-electron chi connectivity index (χ1n) is 9.49. The summed E-state index contributed by atoms with van der Waals surface area (Å²) in [5, 5.41) is 0.963. The Kier molecular flexibility index (Phi) is 7.55. The van der Waals surface area contributed by atoms with Crippen LogP contribution in [0.15, 0.2) is 47.0 Å². The molecule has 0 saturated heterocycles. The average molecular weight is 462 g/mol. The van der Waals surface area contributed by atoms with Crippen LogP contribution in [-0.2, 0) is 16.0 Å². The van der Waals surface area contributed by atoms with E-state index >= 15 is 0 Å². The van der Waals surface area contributed by atoms with Crippen molar-refractivity contribution in [1.29, 1.82) is 0 Å². The van der Waals surface area contributed by atoms with Crippen molar-refractivity contribution in [3.8, 4) is 17.1 Å². The maximum absolute atomic E-state index is 12.0. The summed E-state index contributed by atoms with van der Waals surface area (Å²) < 4.78 is 11.1. The number of ether oxygens (including phenoxy) is 1. The molecule has 0 aliphatic heterocycles. The van der Waals surface area contributed by atoms with Gasteiger partial charge in [0.1, 0.15) is 5.75 Å². The molecule has 2 amide bonds. The molecule has 1 heterocycles. The number of hydrazine groups is 1. The fourth-order valence-electron chi connectivity index (χ4n) is 2.70. The van der Waals surface area contributed by atoms with Crippen LogP contribution in [0.5, 0.6) is 5.75 Å². The number of carbonyl (C=O) groups excluding carboxylic acids is 2. The van der Waals surface area contributed by atoms with Crippen molar-refractivity contribution in [3.05, 3.63) is 69.7 Å². The first kappa shape index (κ1) is 22.7. The molecule has 0 radical (unpaired) electrons. The SMILES string of the molecule is Cc1ccc(C)c(OCC(=O)NNC(=O)CCc2ncc(-c3ccc(Cl)cc3Cl)o2)c1. The summed E-state index contributed by atoms with van der Waals surface area (Å²) in [5.41, 5.74) is 7.28. The van der Waals surface area contributed by atoms with Crippen molar-refractivity contribution in [2.45, 2.75) is 26.7 Å². The van der Waals surface area contributed by atoms with Gasteiger partial charge in [0.25, 0.3) is 5.91 Å². The van der Waals surface area contributed by atoms with Gasteiger partial charge in [-0.3, -0.25) is 20.4 Å². The van der Waals surface area contributed by atoms with Gasteiger partial charge in [0.15, 0.2) is 18.3 Å². The third-order valence-corrected chi connectivity index (χ3v) is 4.91. The van der Waals surface area contributed by atoms with E-state index in [1.54, 1.807) is 18.2 Å². The summed E-state index contributed by atoms with van der Waals surface area (Å²) in [6.45, 7) is 3.62. The second-order valence-electron chi connectivity index (χ2n) is 6.90. The Balaban J connectivity index is 1.42. The number of nitrogens with zero attached hydrogens (tertiary/aromatic N) is 1. The summed E-state index contributed by atoms with van der Waals surface area (Å²) in [5.74, 6) is 0.631. The maximum atomic E-state index is 12.0. The predicted octanol–water partition coefficient (Wildman–Crippen LogP) is 4.42. The second kappa shape index (κ2) is 10.3. The number of benzene rings is 2. The van der Waals surface area contributed by atoms with Gasteiger partial charge >= 0.3 is 0 Å². The van der Waals surface area contributed by atoms with Crippen molar-refractivity contribution < 1.29 is 18.7 Å². The molecule has 0 aliphatic carbocycles. The molecular weight excluding hydrogens is 441 g/mol. The van der Waals surface area contributed by atoms with E-state index in [2.05, 4.69) is 15.8 Å². The minimum absolute atomic E-state index is 0.0758. The van der Waals surface area contributed by atoms with E-state index in [1.165, 1.54) is 6.20 Å². The van der Waals surface area contributed by atoms with Crippen molar-refractivity contribution in [3.63, 3.8) is 0 Å². The normalized spacial score (nSPS) is 10.6. The first-order valence-corrected chi connectivity index (χ1v) is 10.3. The molecule has 0 spiro atoms. The summed E-state index contributed by atoms with van der Waals surface area (Å²) in [6, 6.07) is 10.8. The summed E-state index contributed by atoms with van der Waals surface area (Å²) >= 11 is 12.1. The zero-order chi connectivity index (χ0) is 22.4. The molecule has 2 aromatic carbocycles. The van der Waals surface area contributed by atoms with Crippen molar-refractivity contribution >= 4 is 35.0 Å². The van der Waals surface area contributed by atoms with E-state index in [0.29, 0.717) is 33.0 Å². The number of rotatable bonds is 7. The molecule has 31 heavy (non-hydrogen) atoms. The number of hydrogen-bond donors (Lipinski definition) is 2. The molecule has 0 aliphatic rings. The quantitative estimate of drug-likeness (QED) is 0.507. The lowest BCUT2D eigenvalue weighted by atomic mass is 10.1. The van der Waals surface area contributed by atoms with Crippen LogP contribution in [0.2, 0.25) is 10.0 Å². The molecule has 0 fully saturated rings. The van der Waals surface area contributed by atoms with Gasteiger partial charge in [-0.15, -0.1) is 0 Å². The van der Waals surface area contributed by atoms with E-state index in [1.807, 2.05) is 32.0 Å². The molecular formula is C22H21Cl2N3O4. The van der Waals surface area contributed by atoms with Crippen LogP contribution >= 0.6 is 23.2 Å². The summed E-state index contributed by atoms with van der Waals surface area (Å²) in [7, 11) is 0. The van der Waals surface area contributed by atoms with Gasteiger partial charge in [-0.25, -0.2) is 4.98 Å². The molecule has 0 atom stereocenters. The highest BCUT2D eigenvalue weighted by molar-refractivity contribution is 6.36. The molecule has 7 nitrogen and oxygen atoms in total. The van der Waals surface area contributed by atoms with Crippen LogP contribution in [0, 0.1) is 13.8 Å². The fourth-order valence-corrected chi connectivity index (χ4v) is 3.21. The Morgan fingerprint density at radius 3 is 2.61 bits per heavy atom. The smallest absolute Gasteiger partial charge is 0.276 e. The van der Waals surface area contributed by atoms with Crippen LogP contribution < -0.4 is 15.6 Å². The molecule has 3 aromatic rings. The molecule has 2 N–H and O–H groups in total. The highest BCUT2D eigenvalue weighted by atomic mass is 35.5. The van der Waals surface area contributed by atoms with Crippen LogP contribution in [0.3, 0.4) is 0 Å². The standard InChI is InChI=1S/C22H21Cl2N3O4/c1-13-3-4-14(2)18(9-13)30-12-21(29)27-26-20(28)7-8-22-25-11-19(31-22)16-6-5-15(23)10-17(16)24/h3-6,9-11H,7-8,12H2,1-2H3,(H,26,28)(H,27,29). The Morgan fingerprint density at radius 1 is 1.06 bits per heavy atom. The highest BCUT2D eigenvalue weighted by Gasteiger charge is 2.12. The monoisotopic (exact) mass is 461 g/mol. The number of amides is 2. The fraction of sp³-hybridized carbons (Fsp3) is 0.227. The predicted molar refractivity (Wildman–Crippen MR) is 118 cm³/mol. The second-order valence-corrected chi connectivity index (χ2v) is 7.74. The number of hydrogen-bond acceptors (Lipinski definition) is 5. The third kappa shape index (κ3) is 6.47. The Hall–Kier alpha value is -3.03. The summed E-state index contributed by atoms with van der Waals surface area (Å²) in [4.78, 5) is 28.1. The zero-order valence-electron chi connectivity index (χ0n) is 17.0. The zero-order valence-corrected chi connectivity index (χ0v) is 18.5. The van der Waals surface area contributed by atoms with Crippen molar-refractivity contribution in [2.24, 2.45) is 0 Å². The van der Waals surface area contributed by atoms with E-state index in [0.717, 1.165) is 11.1 Å². The number of nitrogens with one attached hydrogen (secondary N) is 2. The van der Waals surface area contributed by atoms with Crippen LogP contribution in [-0.4, -0.2) is 23.4 Å². The average Bonchev–Trinajstić information content (AvgIpc) is 3.20. The van der Waals surface area contributed by atoms with Gasteiger partial charge in [-0.1, -0.05) is 35.3 Å². The van der Waals surface area contributed by atoms with Gasteiger partial charge < -0.3 is 9.15 Å². The van der Waals surface area contributed by atoms with Gasteiger partial charge in [0.05, 0.1) is 11.2 Å². The van der Waals surface area contributed by atoms with Gasteiger partial charge in [0.2, 0.25) is 5.91 Å². The highest BCUT2D eigenvalue weighted by Crippen LogP contribution is 2.30.